The van der Waals surface area contributed by atoms with Crippen LogP contribution >= 0.6 is 23.2 Å². The van der Waals surface area contributed by atoms with Gasteiger partial charge in [0.1, 0.15) is 11.2 Å². The second-order valence-corrected chi connectivity index (χ2v) is 12.3. The van der Waals surface area contributed by atoms with Crippen LogP contribution in [0.4, 0.5) is 10.1 Å². The van der Waals surface area contributed by atoms with E-state index in [1.54, 1.807) is 18.2 Å². The molecule has 1 saturated heterocycles. The van der Waals surface area contributed by atoms with Crippen molar-refractivity contribution in [2.45, 2.75) is 57.0 Å². The second kappa shape index (κ2) is 11.1. The lowest BCUT2D eigenvalue weighted by Gasteiger charge is -2.37. The van der Waals surface area contributed by atoms with Gasteiger partial charge >= 0.3 is 0 Å². The van der Waals surface area contributed by atoms with Crippen molar-refractivity contribution < 1.29 is 24.2 Å². The first-order valence-corrected chi connectivity index (χ1v) is 13.5. The summed E-state index contributed by atoms with van der Waals surface area (Å²) in [5.74, 6) is -2.41. The molecule has 10 heteroatoms. The topological polar surface area (TPSA) is 111 Å². The van der Waals surface area contributed by atoms with Crippen LogP contribution in [0.5, 0.6) is 0 Å². The first-order chi connectivity index (χ1) is 17.9. The molecule has 38 heavy (non-hydrogen) atoms. The number of fused-ring (bicyclic) bond motifs is 2. The molecule has 0 radical (unpaired) electrons. The molecule has 1 fully saturated rings. The van der Waals surface area contributed by atoms with Crippen molar-refractivity contribution in [2.75, 3.05) is 25.1 Å². The zero-order valence-electron chi connectivity index (χ0n) is 21.7. The summed E-state index contributed by atoms with van der Waals surface area (Å²) >= 11 is 12.5. The van der Waals surface area contributed by atoms with Crippen molar-refractivity contribution in [1.82, 2.24) is 10.6 Å². The van der Waals surface area contributed by atoms with Crippen molar-refractivity contribution in [3.05, 3.63) is 63.4 Å². The van der Waals surface area contributed by atoms with Gasteiger partial charge in [0.25, 0.3) is 0 Å². The number of rotatable bonds is 8. The summed E-state index contributed by atoms with van der Waals surface area (Å²) in [6.07, 6.45) is 0.841. The summed E-state index contributed by atoms with van der Waals surface area (Å²) in [4.78, 5) is 27.8. The molecule has 5 N–H and O–H groups in total. The zero-order valence-corrected chi connectivity index (χ0v) is 23.2. The number of hydrogen-bond donors (Lipinski definition) is 5. The van der Waals surface area contributed by atoms with Gasteiger partial charge < -0.3 is 26.2 Å². The van der Waals surface area contributed by atoms with Crippen LogP contribution in [0.1, 0.15) is 50.7 Å². The highest BCUT2D eigenvalue weighted by molar-refractivity contribution is 6.31. The smallest absolute Gasteiger partial charge is 0.237 e. The first kappa shape index (κ1) is 28.8. The summed E-state index contributed by atoms with van der Waals surface area (Å²) in [6, 6.07) is 8.33. The summed E-state index contributed by atoms with van der Waals surface area (Å²) in [5.41, 5.74) is -0.0544. The van der Waals surface area contributed by atoms with Crippen LogP contribution in [-0.2, 0) is 15.0 Å². The lowest BCUT2D eigenvalue weighted by molar-refractivity contribution is -0.124. The Labute approximate surface area is 232 Å². The molecular formula is C28H34Cl2FN3O4. The second-order valence-electron chi connectivity index (χ2n) is 11.4. The number of benzene rings is 2. The number of aliphatic hydroxyl groups is 2. The van der Waals surface area contributed by atoms with E-state index in [1.807, 2.05) is 26.8 Å². The van der Waals surface area contributed by atoms with Crippen molar-refractivity contribution in [3.63, 3.8) is 0 Å². The SMILES string of the molecule is CC(C)(C)C[C@H]1N[C@@H](C(=O)NC[C@H](CO)CCO)[C@H](c2cccc(Cl)c2)[C@@]12C(=O)Nc1cc(Cl)c(F)cc12. The van der Waals surface area contributed by atoms with E-state index >= 15 is 0 Å². The van der Waals surface area contributed by atoms with Gasteiger partial charge in [-0.25, -0.2) is 4.39 Å². The van der Waals surface area contributed by atoms with E-state index in [0.29, 0.717) is 34.7 Å². The minimum absolute atomic E-state index is 0.105. The normalized spacial score (nSPS) is 25.4. The van der Waals surface area contributed by atoms with Gasteiger partial charge in [-0.1, -0.05) is 56.1 Å². The fourth-order valence-electron chi connectivity index (χ4n) is 5.93. The molecule has 2 amide bonds. The van der Waals surface area contributed by atoms with Crippen molar-refractivity contribution >= 4 is 40.7 Å². The predicted molar refractivity (Wildman–Crippen MR) is 146 cm³/mol. The third-order valence-electron chi connectivity index (χ3n) is 7.55. The molecule has 0 bridgehead atoms. The number of hydrogen-bond acceptors (Lipinski definition) is 5. The van der Waals surface area contributed by atoms with Gasteiger partial charge in [-0.15, -0.1) is 0 Å². The molecule has 0 saturated carbocycles. The van der Waals surface area contributed by atoms with E-state index in [4.69, 9.17) is 23.2 Å². The number of carbonyl (C=O) groups is 2. The quantitative estimate of drug-likeness (QED) is 0.332. The molecule has 0 aliphatic carbocycles. The van der Waals surface area contributed by atoms with Gasteiger partial charge in [0.15, 0.2) is 0 Å². The van der Waals surface area contributed by atoms with E-state index in [0.717, 1.165) is 0 Å². The van der Waals surface area contributed by atoms with Crippen molar-refractivity contribution in [3.8, 4) is 0 Å². The minimum atomic E-state index is -1.33. The molecule has 2 aliphatic rings. The molecule has 4 rings (SSSR count). The van der Waals surface area contributed by atoms with Crippen LogP contribution in [0.25, 0.3) is 0 Å². The molecule has 2 aromatic rings. The summed E-state index contributed by atoms with van der Waals surface area (Å²) in [6.45, 7) is 5.97. The first-order valence-electron chi connectivity index (χ1n) is 12.7. The summed E-state index contributed by atoms with van der Waals surface area (Å²) in [5, 5.41) is 28.5. The predicted octanol–water partition coefficient (Wildman–Crippen LogP) is 3.99. The number of aliphatic hydroxyl groups excluding tert-OH is 2. The third-order valence-corrected chi connectivity index (χ3v) is 8.08. The fraction of sp³-hybridized carbons (Fsp3) is 0.500. The average Bonchev–Trinajstić information content (AvgIpc) is 3.31. The number of halogens is 3. The van der Waals surface area contributed by atoms with Crippen LogP contribution in [0.2, 0.25) is 10.0 Å². The highest BCUT2D eigenvalue weighted by atomic mass is 35.5. The Morgan fingerprint density at radius 1 is 1.21 bits per heavy atom. The fourth-order valence-corrected chi connectivity index (χ4v) is 6.29. The van der Waals surface area contributed by atoms with Crippen LogP contribution in [0.3, 0.4) is 0 Å². The van der Waals surface area contributed by atoms with Gasteiger partial charge in [0, 0.05) is 48.3 Å². The molecule has 1 spiro atoms. The molecule has 2 aromatic carbocycles. The Bertz CT molecular complexity index is 1220. The monoisotopic (exact) mass is 565 g/mol. The molecule has 2 aliphatic heterocycles. The molecule has 206 valence electrons. The molecule has 0 aromatic heterocycles. The van der Waals surface area contributed by atoms with Crippen LogP contribution in [0.15, 0.2) is 36.4 Å². The van der Waals surface area contributed by atoms with Crippen LogP contribution in [-0.4, -0.2) is 53.9 Å². The molecule has 2 heterocycles. The third kappa shape index (κ3) is 5.29. The Kier molecular flexibility index (Phi) is 8.40. The number of anilines is 1. The lowest BCUT2D eigenvalue weighted by Crippen LogP contribution is -2.49. The molecular weight excluding hydrogens is 532 g/mol. The van der Waals surface area contributed by atoms with E-state index in [9.17, 15) is 24.2 Å². The van der Waals surface area contributed by atoms with Gasteiger partial charge in [0.2, 0.25) is 11.8 Å². The zero-order chi connectivity index (χ0) is 27.8. The Balaban J connectivity index is 1.89. The van der Waals surface area contributed by atoms with Crippen LogP contribution < -0.4 is 16.0 Å². The minimum Gasteiger partial charge on any atom is -0.396 e. The maximum Gasteiger partial charge on any atom is 0.237 e. The highest BCUT2D eigenvalue weighted by Gasteiger charge is 2.65. The van der Waals surface area contributed by atoms with Gasteiger partial charge in [-0.05, 0) is 53.6 Å². The number of carbonyl (C=O) groups excluding carboxylic acids is 2. The van der Waals surface area contributed by atoms with E-state index in [2.05, 4.69) is 16.0 Å². The molecule has 0 unspecified atom stereocenters. The molecule has 5 atom stereocenters. The van der Waals surface area contributed by atoms with Gasteiger partial charge in [-0.2, -0.15) is 0 Å². The number of nitrogens with one attached hydrogen (secondary N) is 3. The Hall–Kier alpha value is -2.23. The van der Waals surface area contributed by atoms with Gasteiger partial charge in [-0.3, -0.25) is 9.59 Å². The van der Waals surface area contributed by atoms with E-state index in [1.165, 1.54) is 12.1 Å². The largest absolute Gasteiger partial charge is 0.396 e. The van der Waals surface area contributed by atoms with Gasteiger partial charge in [0.05, 0.1) is 11.1 Å². The maximum absolute atomic E-state index is 14.9. The van der Waals surface area contributed by atoms with E-state index in [-0.39, 0.29) is 47.9 Å². The Morgan fingerprint density at radius 3 is 2.58 bits per heavy atom. The summed E-state index contributed by atoms with van der Waals surface area (Å²) in [7, 11) is 0. The van der Waals surface area contributed by atoms with Crippen molar-refractivity contribution in [2.24, 2.45) is 11.3 Å². The summed E-state index contributed by atoms with van der Waals surface area (Å²) < 4.78 is 14.9. The average molecular weight is 567 g/mol. The Morgan fingerprint density at radius 2 is 1.95 bits per heavy atom. The lowest BCUT2D eigenvalue weighted by atomic mass is 9.62. The molecule has 7 nitrogen and oxygen atoms in total. The maximum atomic E-state index is 14.9. The van der Waals surface area contributed by atoms with Crippen LogP contribution in [0, 0.1) is 17.2 Å². The highest BCUT2D eigenvalue weighted by Crippen LogP contribution is 2.57. The standard InChI is InChI=1S/C28H34Cl2FN3O4/c1-27(2,3)12-22-28(18-10-20(31)19(30)11-21(18)33-26(28)38)23(16-5-4-6-17(29)9-16)24(34-22)25(37)32-13-15(14-36)7-8-35/h4-6,9-11,15,22-24,34-36H,7-8,12-14H2,1-3H3,(H,32,37)(H,33,38)/t15-,22-,23+,24-,28+/m1/s1. The number of amides is 2. The van der Waals surface area contributed by atoms with E-state index < -0.39 is 29.2 Å². The van der Waals surface area contributed by atoms with Crippen molar-refractivity contribution in [1.29, 1.82) is 0 Å².